The minimum Gasteiger partial charge on any atom is -0.399 e. The van der Waals surface area contributed by atoms with Crippen LogP contribution in [0.15, 0.2) is 128 Å². The molecule has 0 aliphatic rings. The van der Waals surface area contributed by atoms with E-state index >= 15 is 0 Å². The van der Waals surface area contributed by atoms with Gasteiger partial charge in [-0.3, -0.25) is 19.2 Å². The third kappa shape index (κ3) is 4.51. The first-order chi connectivity index (χ1) is 22.1. The van der Waals surface area contributed by atoms with Crippen molar-refractivity contribution in [1.82, 2.24) is 9.13 Å². The summed E-state index contributed by atoms with van der Waals surface area (Å²) in [5, 5.41) is 0.316. The van der Waals surface area contributed by atoms with Gasteiger partial charge in [0.05, 0.1) is 32.9 Å². The van der Waals surface area contributed by atoms with Crippen LogP contribution in [-0.4, -0.2) is 23.2 Å². The molecule has 10 nitrogen and oxygen atoms in total. The number of benzene rings is 5. The maximum atomic E-state index is 13.5. The van der Waals surface area contributed by atoms with Gasteiger partial charge in [-0.25, -0.2) is 9.13 Å². The second-order valence-electron chi connectivity index (χ2n) is 11.2. The van der Waals surface area contributed by atoms with Gasteiger partial charge in [0.25, 0.3) is 22.2 Å². The molecule has 0 saturated heterocycles. The van der Waals surface area contributed by atoms with E-state index in [1.807, 2.05) is 72.4 Å². The van der Waals surface area contributed by atoms with Crippen LogP contribution in [0, 0.1) is 0 Å². The third-order valence-corrected chi connectivity index (χ3v) is 8.44. The third-order valence-electron chi connectivity index (χ3n) is 8.44. The fraction of sp³-hybridized carbons (Fsp3) is 0.0556. The van der Waals surface area contributed by atoms with Gasteiger partial charge < -0.3 is 21.3 Å². The normalized spacial score (nSPS) is 11.3. The van der Waals surface area contributed by atoms with Crippen molar-refractivity contribution in [3.63, 3.8) is 0 Å². The zero-order valence-corrected chi connectivity index (χ0v) is 25.0. The zero-order valence-electron chi connectivity index (χ0n) is 25.0. The highest BCUT2D eigenvalue weighted by atomic mass is 16.2. The van der Waals surface area contributed by atoms with Gasteiger partial charge in [-0.05, 0) is 109 Å². The van der Waals surface area contributed by atoms with E-state index in [1.165, 1.54) is 12.1 Å². The van der Waals surface area contributed by atoms with E-state index in [2.05, 4.69) is 0 Å². The van der Waals surface area contributed by atoms with Gasteiger partial charge in [0.1, 0.15) is 0 Å². The molecule has 0 bridgehead atoms. The first-order valence-corrected chi connectivity index (χ1v) is 14.5. The van der Waals surface area contributed by atoms with Crippen molar-refractivity contribution in [1.29, 1.82) is 0 Å². The molecule has 0 unspecified atom stereocenters. The number of anilines is 6. The maximum absolute atomic E-state index is 13.5. The Bertz CT molecular complexity index is 2220. The Kier molecular flexibility index (Phi) is 6.56. The van der Waals surface area contributed by atoms with E-state index in [-0.39, 0.29) is 21.5 Å². The number of nitrogens with two attached hydrogens (primary N) is 2. The highest BCUT2D eigenvalue weighted by Gasteiger charge is 2.21. The van der Waals surface area contributed by atoms with Gasteiger partial charge in [-0.15, -0.1) is 0 Å². The molecule has 2 heterocycles. The van der Waals surface area contributed by atoms with E-state index in [4.69, 9.17) is 11.5 Å². The molecular formula is C36H28N6O4. The fourth-order valence-corrected chi connectivity index (χ4v) is 5.79. The summed E-state index contributed by atoms with van der Waals surface area (Å²) in [6.07, 6.45) is 0. The van der Waals surface area contributed by atoms with Crippen LogP contribution in [0.1, 0.15) is 0 Å². The largest absolute Gasteiger partial charge is 0.399 e. The summed E-state index contributed by atoms with van der Waals surface area (Å²) in [5.74, 6) is 0. The Morgan fingerprint density at radius 1 is 0.413 bits per heavy atom. The lowest BCUT2D eigenvalue weighted by Gasteiger charge is -2.20. The predicted molar refractivity (Wildman–Crippen MR) is 185 cm³/mol. The number of hydrogen-bond donors (Lipinski definition) is 2. The lowest BCUT2D eigenvalue weighted by Crippen LogP contribution is -2.24. The number of nitrogens with zero attached hydrogens (tertiary/aromatic N) is 4. The van der Waals surface area contributed by atoms with Crippen molar-refractivity contribution >= 4 is 55.7 Å². The number of hydrogen-bond acceptors (Lipinski definition) is 8. The van der Waals surface area contributed by atoms with E-state index in [0.29, 0.717) is 22.7 Å². The molecule has 0 aliphatic heterocycles. The number of rotatable bonds is 6. The molecule has 5 aromatic carbocycles. The molecule has 0 aliphatic carbocycles. The van der Waals surface area contributed by atoms with Crippen molar-refractivity contribution in [2.24, 2.45) is 0 Å². The van der Waals surface area contributed by atoms with Crippen molar-refractivity contribution in [2.45, 2.75) is 0 Å². The highest BCUT2D eigenvalue weighted by Crippen LogP contribution is 2.27. The number of fused-ring (bicyclic) bond motifs is 2. The van der Waals surface area contributed by atoms with E-state index in [9.17, 15) is 19.2 Å². The molecule has 0 spiro atoms. The molecule has 226 valence electrons. The smallest absolute Gasteiger partial charge is 0.266 e. The Morgan fingerprint density at radius 2 is 0.652 bits per heavy atom. The standard InChI is InChI=1S/C36H28N6O4/c1-39(23-7-3-21(37)4-8-23)25-11-15-27(16-12-25)41-33(43)29-19-31-32(20-30(29)34(41)44)36(46)42(35(31)45)28-17-13-26(14-18-28)40(2)24-9-5-22(38)6-10-24/h3-20H,37-38H2,1-2H3. The van der Waals surface area contributed by atoms with Crippen LogP contribution in [-0.2, 0) is 0 Å². The fourth-order valence-electron chi connectivity index (χ4n) is 5.79. The van der Waals surface area contributed by atoms with Crippen molar-refractivity contribution in [2.75, 3.05) is 35.4 Å². The van der Waals surface area contributed by atoms with Crippen molar-refractivity contribution in [3.05, 3.63) is 151 Å². The predicted octanol–water partition coefficient (Wildman–Crippen LogP) is 4.59. The minimum atomic E-state index is -0.559. The van der Waals surface area contributed by atoms with E-state index in [1.54, 1.807) is 48.5 Å². The molecule has 0 radical (unpaired) electrons. The molecule has 4 N–H and O–H groups in total. The van der Waals surface area contributed by atoms with E-state index in [0.717, 1.165) is 31.9 Å². The van der Waals surface area contributed by atoms with Crippen molar-refractivity contribution < 1.29 is 0 Å². The molecule has 0 saturated carbocycles. The van der Waals surface area contributed by atoms with Crippen LogP contribution in [0.5, 0.6) is 0 Å². The Labute approximate surface area is 261 Å². The Balaban J connectivity index is 1.24. The second kappa shape index (κ2) is 10.6. The summed E-state index contributed by atoms with van der Waals surface area (Å²) in [6, 6.07) is 31.5. The molecule has 46 heavy (non-hydrogen) atoms. The minimum absolute atomic E-state index is 0.0790. The molecule has 0 fully saturated rings. The van der Waals surface area contributed by atoms with Crippen LogP contribution in [0.4, 0.5) is 34.1 Å². The summed E-state index contributed by atoms with van der Waals surface area (Å²) in [6.45, 7) is 0. The van der Waals surface area contributed by atoms with Gasteiger partial charge in [-0.1, -0.05) is 0 Å². The van der Waals surface area contributed by atoms with Gasteiger partial charge in [-0.2, -0.15) is 0 Å². The first-order valence-electron chi connectivity index (χ1n) is 14.5. The summed E-state index contributed by atoms with van der Waals surface area (Å²) in [7, 11) is 3.80. The molecular weight excluding hydrogens is 580 g/mol. The molecule has 0 atom stereocenters. The summed E-state index contributed by atoms with van der Waals surface area (Å²) in [4.78, 5) is 58.0. The van der Waals surface area contributed by atoms with Crippen molar-refractivity contribution in [3.8, 4) is 11.4 Å². The Hall–Kier alpha value is -6.42. The molecule has 10 heteroatoms. The molecule has 7 aromatic rings. The monoisotopic (exact) mass is 608 g/mol. The van der Waals surface area contributed by atoms with Crippen LogP contribution >= 0.6 is 0 Å². The van der Waals surface area contributed by atoms with Crippen LogP contribution in [0.3, 0.4) is 0 Å². The maximum Gasteiger partial charge on any atom is 0.266 e. The van der Waals surface area contributed by atoms with Gasteiger partial charge >= 0.3 is 0 Å². The summed E-state index contributed by atoms with van der Waals surface area (Å²) < 4.78 is 2.13. The number of nitrogen functional groups attached to an aromatic ring is 2. The van der Waals surface area contributed by atoms with Crippen LogP contribution in [0.25, 0.3) is 32.9 Å². The lowest BCUT2D eigenvalue weighted by molar-refractivity contribution is 0.987. The van der Waals surface area contributed by atoms with Crippen LogP contribution < -0.4 is 43.5 Å². The van der Waals surface area contributed by atoms with E-state index < -0.39 is 22.2 Å². The van der Waals surface area contributed by atoms with Gasteiger partial charge in [0.15, 0.2) is 0 Å². The molecule has 0 amide bonds. The Morgan fingerprint density at radius 3 is 0.913 bits per heavy atom. The quantitative estimate of drug-likeness (QED) is 0.262. The summed E-state index contributed by atoms with van der Waals surface area (Å²) >= 11 is 0. The molecule has 2 aromatic heterocycles. The van der Waals surface area contributed by atoms with Crippen LogP contribution in [0.2, 0.25) is 0 Å². The topological polar surface area (TPSA) is 137 Å². The second-order valence-corrected chi connectivity index (χ2v) is 11.2. The van der Waals surface area contributed by atoms with Gasteiger partial charge in [0, 0.05) is 48.2 Å². The highest BCUT2D eigenvalue weighted by molar-refractivity contribution is 5.98. The first kappa shape index (κ1) is 28.4. The lowest BCUT2D eigenvalue weighted by atomic mass is 10.1. The number of aromatic nitrogens is 2. The molecule has 7 rings (SSSR count). The zero-order chi connectivity index (χ0) is 32.3. The van der Waals surface area contributed by atoms with Gasteiger partial charge in [0.2, 0.25) is 0 Å². The average molecular weight is 609 g/mol. The SMILES string of the molecule is CN(c1ccc(N)cc1)c1ccc(-n2c(=O)c3cc4c(=O)n(-c5ccc(N(C)c6ccc(N)cc6)cc5)c(=O)c4cc3c2=O)cc1. The average Bonchev–Trinajstić information content (AvgIpc) is 3.47. The summed E-state index contributed by atoms with van der Waals surface area (Å²) in [5.41, 5.74) is 15.0.